The fourth-order valence-corrected chi connectivity index (χ4v) is 1.92. The van der Waals surface area contributed by atoms with E-state index in [-0.39, 0.29) is 11.7 Å². The summed E-state index contributed by atoms with van der Waals surface area (Å²) >= 11 is 0. The minimum absolute atomic E-state index is 0.0612. The molecule has 0 heterocycles. The molecule has 0 spiro atoms. The van der Waals surface area contributed by atoms with E-state index < -0.39 is 0 Å². The number of carbonyl (C=O) groups excluding carboxylic acids is 1. The summed E-state index contributed by atoms with van der Waals surface area (Å²) in [6.07, 6.45) is 0.328. The van der Waals surface area contributed by atoms with Gasteiger partial charge in [0.1, 0.15) is 18.2 Å². The predicted molar refractivity (Wildman–Crippen MR) is 82.7 cm³/mol. The summed E-state index contributed by atoms with van der Waals surface area (Å²) in [5, 5.41) is 2.78. The zero-order chi connectivity index (χ0) is 15.8. The highest BCUT2D eigenvalue weighted by Crippen LogP contribution is 2.14. The molecule has 5 heteroatoms. The van der Waals surface area contributed by atoms with Crippen LogP contribution in [0.15, 0.2) is 48.5 Å². The molecule has 22 heavy (non-hydrogen) atoms. The highest BCUT2D eigenvalue weighted by Gasteiger charge is 2.01. The minimum Gasteiger partial charge on any atom is -0.489 e. The van der Waals surface area contributed by atoms with Crippen LogP contribution in [0.2, 0.25) is 0 Å². The standard InChI is InChI=1S/C17H19FN2O2/c18-15-3-1-2-14(10-15)12-22-16-6-4-13(5-7-16)11-20-17(21)8-9-19/h1-7,10H,8-9,11-12,19H2,(H,20,21). The van der Waals surface area contributed by atoms with Crippen molar-refractivity contribution in [1.29, 1.82) is 0 Å². The Kier molecular flexibility index (Phi) is 5.91. The normalized spacial score (nSPS) is 10.3. The molecule has 116 valence electrons. The van der Waals surface area contributed by atoms with Crippen molar-refractivity contribution in [3.63, 3.8) is 0 Å². The second-order valence-corrected chi connectivity index (χ2v) is 4.88. The molecule has 0 radical (unpaired) electrons. The molecule has 0 aliphatic heterocycles. The molecule has 0 saturated carbocycles. The van der Waals surface area contributed by atoms with Gasteiger partial charge in [0.2, 0.25) is 5.91 Å². The topological polar surface area (TPSA) is 64.4 Å². The molecule has 0 aliphatic carbocycles. The fourth-order valence-electron chi connectivity index (χ4n) is 1.92. The quantitative estimate of drug-likeness (QED) is 0.825. The van der Waals surface area contributed by atoms with Gasteiger partial charge in [0, 0.05) is 19.5 Å². The van der Waals surface area contributed by atoms with Crippen LogP contribution in [-0.2, 0) is 17.9 Å². The molecule has 0 aromatic heterocycles. The highest BCUT2D eigenvalue weighted by atomic mass is 19.1. The molecule has 2 aromatic carbocycles. The van der Waals surface area contributed by atoms with Crippen molar-refractivity contribution < 1.29 is 13.9 Å². The summed E-state index contributed by atoms with van der Waals surface area (Å²) in [4.78, 5) is 11.3. The lowest BCUT2D eigenvalue weighted by molar-refractivity contribution is -0.121. The zero-order valence-electron chi connectivity index (χ0n) is 12.2. The first-order chi connectivity index (χ1) is 10.7. The molecule has 3 N–H and O–H groups in total. The summed E-state index contributed by atoms with van der Waals surface area (Å²) in [6.45, 7) is 1.12. The summed E-state index contributed by atoms with van der Waals surface area (Å²) in [5.74, 6) is 0.361. The second kappa shape index (κ2) is 8.14. The van der Waals surface area contributed by atoms with Gasteiger partial charge in [-0.25, -0.2) is 4.39 Å². The van der Waals surface area contributed by atoms with Gasteiger partial charge < -0.3 is 15.8 Å². The minimum atomic E-state index is -0.273. The van der Waals surface area contributed by atoms with E-state index in [4.69, 9.17) is 10.5 Å². The summed E-state index contributed by atoms with van der Waals surface area (Å²) in [6, 6.07) is 13.7. The number of halogens is 1. The molecule has 0 unspecified atom stereocenters. The van der Waals surface area contributed by atoms with Gasteiger partial charge in [0.25, 0.3) is 0 Å². The Morgan fingerprint density at radius 2 is 1.91 bits per heavy atom. The molecule has 2 aromatic rings. The van der Waals surface area contributed by atoms with Crippen molar-refractivity contribution in [2.24, 2.45) is 5.73 Å². The number of hydrogen-bond donors (Lipinski definition) is 2. The Morgan fingerprint density at radius 1 is 1.14 bits per heavy atom. The fraction of sp³-hybridized carbons (Fsp3) is 0.235. The molecule has 0 aliphatic rings. The summed E-state index contributed by atoms with van der Waals surface area (Å²) in [7, 11) is 0. The van der Waals surface area contributed by atoms with Crippen molar-refractivity contribution in [3.05, 3.63) is 65.5 Å². The Labute approximate surface area is 129 Å². The Balaban J connectivity index is 1.82. The largest absolute Gasteiger partial charge is 0.489 e. The van der Waals surface area contributed by atoms with Crippen molar-refractivity contribution in [3.8, 4) is 5.75 Å². The van der Waals surface area contributed by atoms with Gasteiger partial charge in [-0.3, -0.25) is 4.79 Å². The van der Waals surface area contributed by atoms with Crippen LogP contribution in [0, 0.1) is 5.82 Å². The van der Waals surface area contributed by atoms with E-state index in [0.29, 0.717) is 31.9 Å². The van der Waals surface area contributed by atoms with E-state index in [1.54, 1.807) is 6.07 Å². The molecule has 0 saturated heterocycles. The van der Waals surface area contributed by atoms with Crippen molar-refractivity contribution >= 4 is 5.91 Å². The number of hydrogen-bond acceptors (Lipinski definition) is 3. The number of benzene rings is 2. The first-order valence-electron chi connectivity index (χ1n) is 7.10. The molecule has 1 amide bonds. The number of nitrogens with one attached hydrogen (secondary N) is 1. The Bertz CT molecular complexity index is 614. The maximum absolute atomic E-state index is 13.1. The third-order valence-corrected chi connectivity index (χ3v) is 3.08. The van der Waals surface area contributed by atoms with E-state index in [0.717, 1.165) is 11.1 Å². The second-order valence-electron chi connectivity index (χ2n) is 4.88. The average Bonchev–Trinajstić information content (AvgIpc) is 2.52. The van der Waals surface area contributed by atoms with Crippen LogP contribution >= 0.6 is 0 Å². The van der Waals surface area contributed by atoms with Crippen molar-refractivity contribution in [2.45, 2.75) is 19.6 Å². The zero-order valence-corrected chi connectivity index (χ0v) is 12.2. The molecular weight excluding hydrogens is 283 g/mol. The van der Waals surface area contributed by atoms with Crippen LogP contribution in [0.25, 0.3) is 0 Å². The number of rotatable bonds is 7. The highest BCUT2D eigenvalue weighted by molar-refractivity contribution is 5.76. The van der Waals surface area contributed by atoms with Gasteiger partial charge in [-0.2, -0.15) is 0 Å². The van der Waals surface area contributed by atoms with Crippen LogP contribution in [0.5, 0.6) is 5.75 Å². The number of carbonyl (C=O) groups is 1. The van der Waals surface area contributed by atoms with Crippen molar-refractivity contribution in [2.75, 3.05) is 6.54 Å². The van der Waals surface area contributed by atoms with Gasteiger partial charge in [-0.15, -0.1) is 0 Å². The molecule has 0 bridgehead atoms. The lowest BCUT2D eigenvalue weighted by Gasteiger charge is -2.08. The third-order valence-electron chi connectivity index (χ3n) is 3.08. The van der Waals surface area contributed by atoms with E-state index in [2.05, 4.69) is 5.32 Å². The van der Waals surface area contributed by atoms with Crippen LogP contribution in [0.3, 0.4) is 0 Å². The number of nitrogens with two attached hydrogens (primary N) is 1. The van der Waals surface area contributed by atoms with Gasteiger partial charge in [0.15, 0.2) is 0 Å². The third kappa shape index (κ3) is 5.18. The van der Waals surface area contributed by atoms with Crippen LogP contribution in [-0.4, -0.2) is 12.5 Å². The molecule has 0 fully saturated rings. The smallest absolute Gasteiger partial charge is 0.221 e. The lowest BCUT2D eigenvalue weighted by atomic mass is 10.2. The van der Waals surface area contributed by atoms with E-state index in [1.165, 1.54) is 12.1 Å². The molecular formula is C17H19FN2O2. The average molecular weight is 302 g/mol. The van der Waals surface area contributed by atoms with Crippen molar-refractivity contribution in [1.82, 2.24) is 5.32 Å². The van der Waals surface area contributed by atoms with Gasteiger partial charge in [-0.05, 0) is 35.4 Å². The number of ether oxygens (including phenoxy) is 1. The molecule has 0 atom stereocenters. The summed E-state index contributed by atoms with van der Waals surface area (Å²) < 4.78 is 18.6. The first-order valence-corrected chi connectivity index (χ1v) is 7.10. The van der Waals surface area contributed by atoms with Gasteiger partial charge in [-0.1, -0.05) is 24.3 Å². The van der Waals surface area contributed by atoms with Crippen LogP contribution in [0.4, 0.5) is 4.39 Å². The van der Waals surface area contributed by atoms with E-state index in [9.17, 15) is 9.18 Å². The Morgan fingerprint density at radius 3 is 2.59 bits per heavy atom. The molecule has 2 rings (SSSR count). The maximum atomic E-state index is 13.1. The number of amides is 1. The van der Waals surface area contributed by atoms with E-state index in [1.807, 2.05) is 30.3 Å². The molecule has 4 nitrogen and oxygen atoms in total. The van der Waals surface area contributed by atoms with Gasteiger partial charge in [0.05, 0.1) is 0 Å². The van der Waals surface area contributed by atoms with E-state index >= 15 is 0 Å². The Hall–Kier alpha value is -2.40. The predicted octanol–water partition coefficient (Wildman–Crippen LogP) is 2.37. The van der Waals surface area contributed by atoms with Crippen LogP contribution in [0.1, 0.15) is 17.5 Å². The lowest BCUT2D eigenvalue weighted by Crippen LogP contribution is -2.24. The van der Waals surface area contributed by atoms with Crippen LogP contribution < -0.4 is 15.8 Å². The summed E-state index contributed by atoms with van der Waals surface area (Å²) in [5.41, 5.74) is 7.06. The maximum Gasteiger partial charge on any atom is 0.221 e. The van der Waals surface area contributed by atoms with Gasteiger partial charge >= 0.3 is 0 Å². The monoisotopic (exact) mass is 302 g/mol. The first kappa shape index (κ1) is 16.0. The SMILES string of the molecule is NCCC(=O)NCc1ccc(OCc2cccc(F)c2)cc1.